The normalized spacial score (nSPS) is 11.5. The maximum absolute atomic E-state index is 2.53. The second kappa shape index (κ2) is 21.1. The summed E-state index contributed by atoms with van der Waals surface area (Å²) in [6, 6.07) is 0. The third-order valence-electron chi connectivity index (χ3n) is 6.94. The summed E-state index contributed by atoms with van der Waals surface area (Å²) >= 11 is 0. The summed E-state index contributed by atoms with van der Waals surface area (Å²) in [4.78, 5) is 0. The largest absolute Gasteiger partial charge is 0.256 e. The van der Waals surface area contributed by atoms with Crippen LogP contribution >= 0.6 is 0 Å². The van der Waals surface area contributed by atoms with E-state index in [2.05, 4.69) is 42.3 Å². The molecule has 0 atom stereocenters. The Morgan fingerprint density at radius 3 is 1.42 bits per heavy atom. The quantitative estimate of drug-likeness (QED) is 0.120. The van der Waals surface area contributed by atoms with Crippen molar-refractivity contribution in [1.82, 2.24) is 4.57 Å². The first kappa shape index (κ1) is 28.2. The minimum absolute atomic E-state index is 1.11. The average Bonchev–Trinajstić information content (AvgIpc) is 3.18. The van der Waals surface area contributed by atoms with E-state index in [9.17, 15) is 0 Å². The van der Waals surface area contributed by atoms with Crippen LogP contribution in [0.25, 0.3) is 0 Å². The van der Waals surface area contributed by atoms with Gasteiger partial charge >= 0.3 is 0 Å². The lowest BCUT2D eigenvalue weighted by Crippen LogP contribution is -2.37. The van der Waals surface area contributed by atoms with E-state index in [1.165, 1.54) is 141 Å². The zero-order chi connectivity index (χ0) is 22.4. The number of aromatic nitrogens is 2. The number of hydrogen-bond acceptors (Lipinski definition) is 0. The van der Waals surface area contributed by atoms with Gasteiger partial charge in [0, 0.05) is 6.42 Å². The van der Waals surface area contributed by atoms with E-state index < -0.39 is 0 Å². The van der Waals surface area contributed by atoms with Gasteiger partial charge in [-0.3, -0.25) is 0 Å². The first-order chi connectivity index (χ1) is 15.3. The van der Waals surface area contributed by atoms with Crippen LogP contribution in [0.1, 0.15) is 155 Å². The van der Waals surface area contributed by atoms with Crippen LogP contribution in [-0.4, -0.2) is 4.57 Å². The molecular formula is C29H57N2+. The summed E-state index contributed by atoms with van der Waals surface area (Å²) in [5, 5.41) is 0. The van der Waals surface area contributed by atoms with Crippen molar-refractivity contribution in [2.24, 2.45) is 0 Å². The zero-order valence-corrected chi connectivity index (χ0v) is 21.8. The molecule has 0 saturated heterocycles. The summed E-state index contributed by atoms with van der Waals surface area (Å²) < 4.78 is 5.00. The molecule has 0 saturated carbocycles. The van der Waals surface area contributed by atoms with Crippen molar-refractivity contribution in [2.75, 3.05) is 0 Å². The Morgan fingerprint density at radius 1 is 0.548 bits per heavy atom. The molecular weight excluding hydrogens is 376 g/mol. The van der Waals surface area contributed by atoms with Crippen molar-refractivity contribution >= 4 is 0 Å². The third-order valence-corrected chi connectivity index (χ3v) is 6.94. The van der Waals surface area contributed by atoms with Crippen LogP contribution in [0.3, 0.4) is 0 Å². The Bertz CT molecular complexity index is 491. The molecule has 2 nitrogen and oxygen atoms in total. The fourth-order valence-electron chi connectivity index (χ4n) is 4.82. The number of nitrogens with zero attached hydrogens (tertiary/aromatic N) is 2. The molecule has 0 radical (unpaired) electrons. The zero-order valence-electron chi connectivity index (χ0n) is 21.8. The number of rotatable bonds is 23. The van der Waals surface area contributed by atoms with Crippen LogP contribution < -0.4 is 4.57 Å². The van der Waals surface area contributed by atoms with Crippen molar-refractivity contribution in [3.8, 4) is 0 Å². The van der Waals surface area contributed by atoms with Crippen molar-refractivity contribution in [3.05, 3.63) is 18.2 Å². The monoisotopic (exact) mass is 433 g/mol. The van der Waals surface area contributed by atoms with Gasteiger partial charge in [0.1, 0.15) is 12.4 Å². The smallest absolute Gasteiger partial charge is 0.235 e. The van der Waals surface area contributed by atoms with E-state index in [0.717, 1.165) is 6.54 Å². The van der Waals surface area contributed by atoms with Gasteiger partial charge in [-0.15, -0.1) is 0 Å². The van der Waals surface area contributed by atoms with Gasteiger partial charge in [-0.1, -0.05) is 123 Å². The van der Waals surface area contributed by atoms with Crippen LogP contribution in [0.2, 0.25) is 0 Å². The highest BCUT2D eigenvalue weighted by atomic mass is 15.1. The average molecular weight is 434 g/mol. The highest BCUT2D eigenvalue weighted by Gasteiger charge is 2.15. The molecule has 2 heteroatoms. The van der Waals surface area contributed by atoms with Crippen molar-refractivity contribution in [1.29, 1.82) is 0 Å². The van der Waals surface area contributed by atoms with Crippen LogP contribution in [0.4, 0.5) is 0 Å². The Hall–Kier alpha value is -0.790. The Balaban J connectivity index is 1.96. The Morgan fingerprint density at radius 2 is 0.968 bits per heavy atom. The Labute approximate surface area is 196 Å². The second-order valence-corrected chi connectivity index (χ2v) is 9.81. The van der Waals surface area contributed by atoms with Crippen LogP contribution in [0.15, 0.2) is 12.4 Å². The molecule has 0 aliphatic carbocycles. The number of aryl methyl sites for hydroxylation is 2. The lowest BCUT2D eigenvalue weighted by atomic mass is 10.0. The predicted molar refractivity (Wildman–Crippen MR) is 138 cm³/mol. The minimum Gasteiger partial charge on any atom is -0.235 e. The van der Waals surface area contributed by atoms with E-state index in [1.807, 2.05) is 0 Å². The topological polar surface area (TPSA) is 8.81 Å². The van der Waals surface area contributed by atoms with Gasteiger partial charge in [-0.2, -0.15) is 0 Å². The molecule has 0 amide bonds. The highest BCUT2D eigenvalue weighted by molar-refractivity contribution is 4.83. The number of imidazole rings is 1. The first-order valence-electron chi connectivity index (χ1n) is 14.4. The van der Waals surface area contributed by atoms with Crippen molar-refractivity contribution in [3.63, 3.8) is 0 Å². The molecule has 0 bridgehead atoms. The van der Waals surface area contributed by atoms with Gasteiger partial charge in [0.2, 0.25) is 0 Å². The summed E-state index contributed by atoms with van der Waals surface area (Å²) in [7, 11) is 0. The summed E-state index contributed by atoms with van der Waals surface area (Å²) in [6.45, 7) is 9.19. The lowest BCUT2D eigenvalue weighted by Gasteiger charge is -2.05. The van der Waals surface area contributed by atoms with Gasteiger partial charge in [-0.25, -0.2) is 9.13 Å². The Kier molecular flexibility index (Phi) is 19.2. The molecule has 0 aromatic carbocycles. The lowest BCUT2D eigenvalue weighted by molar-refractivity contribution is -0.704. The van der Waals surface area contributed by atoms with Crippen molar-refractivity contribution < 1.29 is 4.57 Å². The van der Waals surface area contributed by atoms with Gasteiger partial charge in [0.05, 0.1) is 13.1 Å². The maximum Gasteiger partial charge on any atom is 0.256 e. The van der Waals surface area contributed by atoms with Gasteiger partial charge < -0.3 is 0 Å². The first-order valence-corrected chi connectivity index (χ1v) is 14.4. The molecule has 0 spiro atoms. The van der Waals surface area contributed by atoms with E-state index in [1.54, 1.807) is 5.82 Å². The van der Waals surface area contributed by atoms with Gasteiger partial charge in [-0.05, 0) is 26.2 Å². The van der Waals surface area contributed by atoms with Crippen molar-refractivity contribution in [2.45, 2.75) is 169 Å². The molecule has 1 aromatic rings. The highest BCUT2D eigenvalue weighted by Crippen LogP contribution is 2.14. The molecule has 1 aromatic heterocycles. The van der Waals surface area contributed by atoms with E-state index >= 15 is 0 Å². The molecule has 31 heavy (non-hydrogen) atoms. The van der Waals surface area contributed by atoms with E-state index in [0.29, 0.717) is 0 Å². The van der Waals surface area contributed by atoms with E-state index in [4.69, 9.17) is 0 Å². The third kappa shape index (κ3) is 14.8. The molecule has 0 unspecified atom stereocenters. The fraction of sp³-hybridized carbons (Fsp3) is 0.897. The second-order valence-electron chi connectivity index (χ2n) is 9.81. The minimum atomic E-state index is 1.11. The summed E-state index contributed by atoms with van der Waals surface area (Å²) in [6.07, 6.45) is 34.4. The summed E-state index contributed by atoms with van der Waals surface area (Å²) in [5.41, 5.74) is 0. The van der Waals surface area contributed by atoms with Crippen LogP contribution in [0, 0.1) is 0 Å². The van der Waals surface area contributed by atoms with Crippen LogP contribution in [0.5, 0.6) is 0 Å². The van der Waals surface area contributed by atoms with Gasteiger partial charge in [0.25, 0.3) is 5.82 Å². The molecule has 1 heterocycles. The van der Waals surface area contributed by atoms with E-state index in [-0.39, 0.29) is 0 Å². The SMILES string of the molecule is CCCCCCCCCCCCCCCCCCc1n(CC)cc[n+]1CCCCCC. The molecule has 182 valence electrons. The summed E-state index contributed by atoms with van der Waals surface area (Å²) in [5.74, 6) is 1.56. The number of hydrogen-bond donors (Lipinski definition) is 0. The maximum atomic E-state index is 2.53. The molecule has 0 N–H and O–H groups in total. The molecule has 0 aliphatic heterocycles. The van der Waals surface area contributed by atoms with Gasteiger partial charge in [0.15, 0.2) is 0 Å². The molecule has 1 rings (SSSR count). The standard InChI is InChI=1S/C29H57N2/c1-4-7-9-11-12-13-14-15-16-17-18-19-20-21-22-23-25-29-30(6-3)27-28-31(29)26-24-10-8-5-2/h27-28H,4-26H2,1-3H3/q+1. The molecule has 0 aliphatic rings. The molecule has 0 fully saturated rings. The fourth-order valence-corrected chi connectivity index (χ4v) is 4.82. The predicted octanol–water partition coefficient (Wildman–Crippen LogP) is 9.18. The van der Waals surface area contributed by atoms with Crippen LogP contribution in [-0.2, 0) is 19.5 Å². The number of unbranched alkanes of at least 4 members (excludes halogenated alkanes) is 18.